The van der Waals surface area contributed by atoms with E-state index in [1.54, 1.807) is 0 Å². The van der Waals surface area contributed by atoms with Gasteiger partial charge in [0.15, 0.2) is 0 Å². The van der Waals surface area contributed by atoms with Crippen molar-refractivity contribution in [2.24, 2.45) is 0 Å². The molecule has 0 aliphatic carbocycles. The number of aliphatic carboxylic acids is 1. The summed E-state index contributed by atoms with van der Waals surface area (Å²) in [5.74, 6) is -1.30. The molecule has 0 aromatic carbocycles. The minimum absolute atomic E-state index is 0.0719. The molecule has 1 heterocycles. The molecule has 1 aliphatic rings. The Morgan fingerprint density at radius 2 is 2.12 bits per heavy atom. The average Bonchev–Trinajstić information content (AvgIpc) is 2.98. The largest absolute Gasteiger partial charge is 0.481 e. The molecule has 6 nitrogen and oxygen atoms in total. The van der Waals surface area contributed by atoms with Gasteiger partial charge in [-0.15, -0.1) is 0 Å². The Bertz CT molecular complexity index is 221. The summed E-state index contributed by atoms with van der Waals surface area (Å²) in [5, 5.41) is 16.6. The number of carboxylic acids is 1. The SMILES string of the molecule is CC(O)C(=O)OCC1CO1.CCCC(=O)O. The lowest BCUT2D eigenvalue weighted by Gasteiger charge is -2.03. The molecule has 94 valence electrons. The van der Waals surface area contributed by atoms with Gasteiger partial charge in [-0.1, -0.05) is 6.92 Å². The van der Waals surface area contributed by atoms with Gasteiger partial charge in [0.25, 0.3) is 0 Å². The summed E-state index contributed by atoms with van der Waals surface area (Å²) >= 11 is 0. The molecule has 0 amide bonds. The molecular formula is C10H18O6. The number of esters is 1. The number of aliphatic hydroxyl groups excluding tert-OH is 1. The number of rotatable bonds is 5. The van der Waals surface area contributed by atoms with Gasteiger partial charge in [0.1, 0.15) is 18.8 Å². The number of ether oxygens (including phenoxy) is 2. The van der Waals surface area contributed by atoms with Gasteiger partial charge >= 0.3 is 11.9 Å². The first-order chi connectivity index (χ1) is 7.47. The third-order valence-electron chi connectivity index (χ3n) is 1.62. The zero-order chi connectivity index (χ0) is 12.6. The summed E-state index contributed by atoms with van der Waals surface area (Å²) < 4.78 is 9.39. The number of aliphatic hydroxyl groups is 1. The van der Waals surface area contributed by atoms with E-state index in [1.165, 1.54) is 6.92 Å². The zero-order valence-corrected chi connectivity index (χ0v) is 9.51. The quantitative estimate of drug-likeness (QED) is 0.520. The molecule has 0 radical (unpaired) electrons. The van der Waals surface area contributed by atoms with E-state index in [-0.39, 0.29) is 12.7 Å². The molecule has 2 N–H and O–H groups in total. The van der Waals surface area contributed by atoms with Gasteiger partial charge in [-0.05, 0) is 13.3 Å². The predicted octanol–water partition coefficient (Wildman–Crippen LogP) is 0.180. The third kappa shape index (κ3) is 9.42. The Hall–Kier alpha value is -1.14. The fourth-order valence-electron chi connectivity index (χ4n) is 0.674. The monoisotopic (exact) mass is 234 g/mol. The molecule has 1 aliphatic heterocycles. The molecule has 1 saturated heterocycles. The summed E-state index contributed by atoms with van der Waals surface area (Å²) in [6, 6.07) is 0. The van der Waals surface area contributed by atoms with Gasteiger partial charge in [0, 0.05) is 6.42 Å². The first-order valence-electron chi connectivity index (χ1n) is 5.15. The van der Waals surface area contributed by atoms with Crippen molar-refractivity contribution in [3.63, 3.8) is 0 Å². The Kier molecular flexibility index (Phi) is 7.49. The van der Waals surface area contributed by atoms with Crippen LogP contribution in [0.15, 0.2) is 0 Å². The molecular weight excluding hydrogens is 216 g/mol. The second-order valence-corrected chi connectivity index (χ2v) is 3.41. The number of hydrogen-bond donors (Lipinski definition) is 2. The maximum Gasteiger partial charge on any atom is 0.334 e. The average molecular weight is 234 g/mol. The van der Waals surface area contributed by atoms with E-state index in [2.05, 4.69) is 4.74 Å². The highest BCUT2D eigenvalue weighted by Crippen LogP contribution is 2.08. The molecule has 1 fully saturated rings. The highest BCUT2D eigenvalue weighted by molar-refractivity contribution is 5.73. The van der Waals surface area contributed by atoms with Gasteiger partial charge < -0.3 is 19.7 Å². The van der Waals surface area contributed by atoms with Crippen LogP contribution in [0.2, 0.25) is 0 Å². The van der Waals surface area contributed by atoms with Crippen molar-refractivity contribution in [3.05, 3.63) is 0 Å². The maximum atomic E-state index is 10.5. The Balaban J connectivity index is 0.000000325. The number of epoxide rings is 1. The van der Waals surface area contributed by atoms with Crippen molar-refractivity contribution in [2.75, 3.05) is 13.2 Å². The van der Waals surface area contributed by atoms with E-state index in [0.29, 0.717) is 13.0 Å². The van der Waals surface area contributed by atoms with Crippen molar-refractivity contribution < 1.29 is 29.3 Å². The maximum absolute atomic E-state index is 10.5. The summed E-state index contributed by atoms with van der Waals surface area (Å²) in [5.41, 5.74) is 0. The van der Waals surface area contributed by atoms with E-state index in [0.717, 1.165) is 6.42 Å². The second kappa shape index (κ2) is 8.06. The zero-order valence-electron chi connectivity index (χ0n) is 9.51. The van der Waals surface area contributed by atoms with E-state index in [1.807, 2.05) is 6.92 Å². The molecule has 0 spiro atoms. The van der Waals surface area contributed by atoms with Crippen molar-refractivity contribution in [3.8, 4) is 0 Å². The third-order valence-corrected chi connectivity index (χ3v) is 1.62. The van der Waals surface area contributed by atoms with E-state index in [4.69, 9.17) is 14.9 Å². The first-order valence-corrected chi connectivity index (χ1v) is 5.15. The van der Waals surface area contributed by atoms with Gasteiger partial charge in [-0.3, -0.25) is 4.79 Å². The lowest BCUT2D eigenvalue weighted by Crippen LogP contribution is -2.21. The summed E-state index contributed by atoms with van der Waals surface area (Å²) in [6.45, 7) is 4.14. The van der Waals surface area contributed by atoms with Crippen LogP contribution in [-0.4, -0.2) is 47.6 Å². The van der Waals surface area contributed by atoms with Crippen LogP contribution in [0.25, 0.3) is 0 Å². The molecule has 0 aromatic heterocycles. The van der Waals surface area contributed by atoms with Crippen LogP contribution < -0.4 is 0 Å². The van der Waals surface area contributed by atoms with Crippen LogP contribution in [0, 0.1) is 0 Å². The number of hydrogen-bond acceptors (Lipinski definition) is 5. The molecule has 2 atom stereocenters. The summed E-state index contributed by atoms with van der Waals surface area (Å²) in [7, 11) is 0. The van der Waals surface area contributed by atoms with Crippen molar-refractivity contribution in [1.29, 1.82) is 0 Å². The van der Waals surface area contributed by atoms with Crippen LogP contribution in [0.3, 0.4) is 0 Å². The van der Waals surface area contributed by atoms with Crippen molar-refractivity contribution in [2.45, 2.75) is 38.9 Å². The van der Waals surface area contributed by atoms with E-state index in [9.17, 15) is 9.59 Å². The van der Waals surface area contributed by atoms with Crippen LogP contribution in [0.5, 0.6) is 0 Å². The molecule has 1 rings (SSSR count). The van der Waals surface area contributed by atoms with E-state index < -0.39 is 18.0 Å². The van der Waals surface area contributed by atoms with Gasteiger partial charge in [-0.25, -0.2) is 4.79 Å². The molecule has 0 bridgehead atoms. The second-order valence-electron chi connectivity index (χ2n) is 3.41. The smallest absolute Gasteiger partial charge is 0.334 e. The predicted molar refractivity (Wildman–Crippen MR) is 54.9 cm³/mol. The van der Waals surface area contributed by atoms with Crippen LogP contribution >= 0.6 is 0 Å². The number of carbonyl (C=O) groups excluding carboxylic acids is 1. The summed E-state index contributed by atoms with van der Waals surface area (Å²) in [4.78, 5) is 20.1. The Morgan fingerprint density at radius 1 is 1.56 bits per heavy atom. The van der Waals surface area contributed by atoms with Crippen molar-refractivity contribution >= 4 is 11.9 Å². The van der Waals surface area contributed by atoms with Gasteiger partial charge in [0.2, 0.25) is 0 Å². The Morgan fingerprint density at radius 3 is 2.38 bits per heavy atom. The standard InChI is InChI=1S/C6H10O4.C4H8O2/c1-4(7)6(8)10-3-5-2-9-5;1-2-3-4(5)6/h4-5,7H,2-3H2,1H3;2-3H2,1H3,(H,5,6). The normalized spacial score (nSPS) is 19.1. The molecule has 0 saturated carbocycles. The molecule has 6 heteroatoms. The molecule has 0 aromatic rings. The fraction of sp³-hybridized carbons (Fsp3) is 0.800. The lowest BCUT2D eigenvalue weighted by atomic mass is 10.4. The van der Waals surface area contributed by atoms with Crippen molar-refractivity contribution in [1.82, 2.24) is 0 Å². The van der Waals surface area contributed by atoms with Crippen LogP contribution in [0.1, 0.15) is 26.7 Å². The number of carbonyl (C=O) groups is 2. The molecule has 16 heavy (non-hydrogen) atoms. The topological polar surface area (TPSA) is 96.4 Å². The van der Waals surface area contributed by atoms with Gasteiger partial charge in [-0.2, -0.15) is 0 Å². The van der Waals surface area contributed by atoms with Gasteiger partial charge in [0.05, 0.1) is 6.61 Å². The van der Waals surface area contributed by atoms with Crippen LogP contribution in [0.4, 0.5) is 0 Å². The highest BCUT2D eigenvalue weighted by Gasteiger charge is 2.24. The number of carboxylic acid groups (broad SMARTS) is 1. The minimum atomic E-state index is -1.03. The Labute approximate surface area is 94.2 Å². The first kappa shape index (κ1) is 14.9. The molecule has 2 unspecified atom stereocenters. The minimum Gasteiger partial charge on any atom is -0.481 e. The van der Waals surface area contributed by atoms with E-state index >= 15 is 0 Å². The van der Waals surface area contributed by atoms with Crippen LogP contribution in [-0.2, 0) is 19.1 Å². The highest BCUT2D eigenvalue weighted by atomic mass is 16.6. The lowest BCUT2D eigenvalue weighted by molar-refractivity contribution is -0.153. The summed E-state index contributed by atoms with van der Waals surface area (Å²) in [6.07, 6.45) is 0.0662. The fourth-order valence-corrected chi connectivity index (χ4v) is 0.674.